The average molecular weight is 278 g/mol. The first kappa shape index (κ1) is 13.3. The molecule has 0 bridgehead atoms. The molecule has 0 saturated carbocycles. The maximum absolute atomic E-state index is 12.6. The van der Waals surface area contributed by atoms with E-state index in [0.29, 0.717) is 5.69 Å². The summed E-state index contributed by atoms with van der Waals surface area (Å²) in [7, 11) is 0. The van der Waals surface area contributed by atoms with Crippen molar-refractivity contribution in [3.8, 4) is 11.4 Å². The summed E-state index contributed by atoms with van der Waals surface area (Å²) < 4.78 is 66.1. The molecule has 0 N–H and O–H groups in total. The van der Waals surface area contributed by atoms with Crippen LogP contribution in [-0.2, 0) is 0 Å². The molecule has 0 radical (unpaired) electrons. The first-order chi connectivity index (χ1) is 8.79. The first-order valence-electron chi connectivity index (χ1n) is 5.03. The Morgan fingerprint density at radius 2 is 1.63 bits per heavy atom. The van der Waals surface area contributed by atoms with Gasteiger partial charge < -0.3 is 4.74 Å². The lowest BCUT2D eigenvalue weighted by atomic mass is 10.3. The van der Waals surface area contributed by atoms with Crippen LogP contribution in [0.2, 0.25) is 0 Å². The summed E-state index contributed by atoms with van der Waals surface area (Å²) in [6.45, 7) is 0. The molecule has 0 spiro atoms. The SMILES string of the molecule is FC(F)(F)C(F)(F)Oc1ccc(-n2cccn2)cc1. The van der Waals surface area contributed by atoms with Crippen LogP contribution in [0.3, 0.4) is 0 Å². The number of benzene rings is 1. The fraction of sp³-hybridized carbons (Fsp3) is 0.182. The van der Waals surface area contributed by atoms with E-state index >= 15 is 0 Å². The van der Waals surface area contributed by atoms with E-state index in [1.807, 2.05) is 0 Å². The lowest BCUT2D eigenvalue weighted by Gasteiger charge is -2.20. The van der Waals surface area contributed by atoms with Gasteiger partial charge in [-0.25, -0.2) is 4.68 Å². The van der Waals surface area contributed by atoms with Gasteiger partial charge >= 0.3 is 12.3 Å². The van der Waals surface area contributed by atoms with Crippen molar-refractivity contribution in [1.82, 2.24) is 9.78 Å². The van der Waals surface area contributed by atoms with Crippen molar-refractivity contribution in [3.05, 3.63) is 42.7 Å². The van der Waals surface area contributed by atoms with Crippen LogP contribution in [0.15, 0.2) is 42.7 Å². The van der Waals surface area contributed by atoms with E-state index in [-0.39, 0.29) is 0 Å². The van der Waals surface area contributed by atoms with Gasteiger partial charge in [0, 0.05) is 12.4 Å². The van der Waals surface area contributed by atoms with Crippen molar-refractivity contribution in [2.75, 3.05) is 0 Å². The quantitative estimate of drug-likeness (QED) is 0.804. The molecule has 0 amide bonds. The summed E-state index contributed by atoms with van der Waals surface area (Å²) in [5, 5.41) is 3.88. The summed E-state index contributed by atoms with van der Waals surface area (Å²) in [5.74, 6) is -0.585. The van der Waals surface area contributed by atoms with Crippen LogP contribution in [0.25, 0.3) is 5.69 Å². The van der Waals surface area contributed by atoms with E-state index in [9.17, 15) is 22.0 Å². The molecule has 2 rings (SSSR count). The van der Waals surface area contributed by atoms with Crippen molar-refractivity contribution in [2.24, 2.45) is 0 Å². The number of halogens is 5. The van der Waals surface area contributed by atoms with Gasteiger partial charge in [-0.05, 0) is 30.3 Å². The zero-order valence-corrected chi connectivity index (χ0v) is 9.23. The van der Waals surface area contributed by atoms with Gasteiger partial charge in [0.2, 0.25) is 0 Å². The molecular weight excluding hydrogens is 271 g/mol. The zero-order chi connectivity index (χ0) is 14.1. The van der Waals surface area contributed by atoms with Crippen LogP contribution >= 0.6 is 0 Å². The second-order valence-electron chi connectivity index (χ2n) is 3.56. The highest BCUT2D eigenvalue weighted by Crippen LogP contribution is 2.37. The van der Waals surface area contributed by atoms with E-state index in [4.69, 9.17) is 0 Å². The smallest absolute Gasteiger partial charge is 0.426 e. The van der Waals surface area contributed by atoms with Gasteiger partial charge in [0.1, 0.15) is 5.75 Å². The highest BCUT2D eigenvalue weighted by atomic mass is 19.4. The first-order valence-corrected chi connectivity index (χ1v) is 5.03. The predicted molar refractivity (Wildman–Crippen MR) is 55.2 cm³/mol. The summed E-state index contributed by atoms with van der Waals surface area (Å²) in [6.07, 6.45) is -7.88. The average Bonchev–Trinajstić information content (AvgIpc) is 2.81. The topological polar surface area (TPSA) is 27.1 Å². The molecule has 8 heteroatoms. The van der Waals surface area contributed by atoms with Crippen molar-refractivity contribution >= 4 is 0 Å². The number of ether oxygens (including phenoxy) is 1. The van der Waals surface area contributed by atoms with Gasteiger partial charge in [-0.15, -0.1) is 0 Å². The number of aromatic nitrogens is 2. The number of rotatable bonds is 3. The van der Waals surface area contributed by atoms with Crippen LogP contribution in [0.4, 0.5) is 22.0 Å². The maximum atomic E-state index is 12.6. The Hall–Kier alpha value is -2.12. The third-order valence-electron chi connectivity index (χ3n) is 2.18. The number of hydrogen-bond acceptors (Lipinski definition) is 2. The van der Waals surface area contributed by atoms with Gasteiger partial charge in [-0.1, -0.05) is 0 Å². The molecule has 1 aromatic carbocycles. The van der Waals surface area contributed by atoms with Gasteiger partial charge in [0.05, 0.1) is 5.69 Å². The summed E-state index contributed by atoms with van der Waals surface area (Å²) >= 11 is 0. The Bertz CT molecular complexity index is 533. The number of nitrogens with zero attached hydrogens (tertiary/aromatic N) is 2. The summed E-state index contributed by atoms with van der Waals surface area (Å²) in [5.41, 5.74) is 0.507. The fourth-order valence-electron chi connectivity index (χ4n) is 1.29. The summed E-state index contributed by atoms with van der Waals surface area (Å²) in [4.78, 5) is 0. The van der Waals surface area contributed by atoms with Crippen molar-refractivity contribution in [1.29, 1.82) is 0 Å². The molecule has 102 valence electrons. The minimum atomic E-state index is -5.76. The molecule has 0 aliphatic heterocycles. The molecule has 3 nitrogen and oxygen atoms in total. The molecule has 0 aliphatic carbocycles. The molecule has 0 unspecified atom stereocenters. The van der Waals surface area contributed by atoms with E-state index in [1.165, 1.54) is 23.0 Å². The van der Waals surface area contributed by atoms with Crippen LogP contribution in [0.1, 0.15) is 0 Å². The predicted octanol–water partition coefficient (Wildman–Crippen LogP) is 3.41. The normalized spacial score (nSPS) is 12.5. The van der Waals surface area contributed by atoms with Crippen LogP contribution in [0.5, 0.6) is 5.75 Å². The Labute approximate surface area is 104 Å². The van der Waals surface area contributed by atoms with E-state index in [2.05, 4.69) is 9.84 Å². The van der Waals surface area contributed by atoms with Crippen molar-refractivity contribution in [2.45, 2.75) is 12.3 Å². The van der Waals surface area contributed by atoms with Crippen LogP contribution < -0.4 is 4.74 Å². The molecule has 1 aromatic heterocycles. The van der Waals surface area contributed by atoms with Gasteiger partial charge in [-0.2, -0.15) is 27.1 Å². The molecule has 19 heavy (non-hydrogen) atoms. The standard InChI is InChI=1S/C11H7F5N2O/c12-10(13,14)11(15,16)19-9-4-2-8(3-5-9)18-7-1-6-17-18/h1-7H. The molecule has 2 aromatic rings. The van der Waals surface area contributed by atoms with E-state index < -0.39 is 18.0 Å². The van der Waals surface area contributed by atoms with Gasteiger partial charge in [0.25, 0.3) is 0 Å². The van der Waals surface area contributed by atoms with E-state index in [0.717, 1.165) is 12.1 Å². The van der Waals surface area contributed by atoms with Gasteiger partial charge in [-0.3, -0.25) is 0 Å². The van der Waals surface area contributed by atoms with E-state index in [1.54, 1.807) is 12.3 Å². The molecular formula is C11H7F5N2O. The van der Waals surface area contributed by atoms with Crippen LogP contribution in [0, 0.1) is 0 Å². The second-order valence-corrected chi connectivity index (χ2v) is 3.56. The van der Waals surface area contributed by atoms with Gasteiger partial charge in [0.15, 0.2) is 0 Å². The fourth-order valence-corrected chi connectivity index (χ4v) is 1.29. The Morgan fingerprint density at radius 3 is 2.11 bits per heavy atom. The maximum Gasteiger partial charge on any atom is 0.499 e. The van der Waals surface area contributed by atoms with Crippen molar-refractivity contribution in [3.63, 3.8) is 0 Å². The molecule has 1 heterocycles. The highest BCUT2D eigenvalue weighted by Gasteiger charge is 2.61. The minimum Gasteiger partial charge on any atom is -0.426 e. The van der Waals surface area contributed by atoms with Crippen LogP contribution in [-0.4, -0.2) is 22.1 Å². The second kappa shape index (κ2) is 4.52. The number of hydrogen-bond donors (Lipinski definition) is 0. The zero-order valence-electron chi connectivity index (χ0n) is 9.23. The lowest BCUT2D eigenvalue weighted by molar-refractivity contribution is -0.360. The molecule has 0 fully saturated rings. The summed E-state index contributed by atoms with van der Waals surface area (Å²) in [6, 6.07) is 6.29. The minimum absolute atomic E-state index is 0.507. The van der Waals surface area contributed by atoms with Crippen molar-refractivity contribution < 1.29 is 26.7 Å². The lowest BCUT2D eigenvalue weighted by Crippen LogP contribution is -2.41. The molecule has 0 aliphatic rings. The Morgan fingerprint density at radius 1 is 1.00 bits per heavy atom. The molecule has 0 atom stereocenters. The highest BCUT2D eigenvalue weighted by molar-refractivity contribution is 5.36. The number of alkyl halides is 5. The molecule has 0 saturated heterocycles. The monoisotopic (exact) mass is 278 g/mol. The third kappa shape index (κ3) is 2.83. The Balaban J connectivity index is 2.16. The Kier molecular flexibility index (Phi) is 3.17. The largest absolute Gasteiger partial charge is 0.499 e. The third-order valence-corrected chi connectivity index (χ3v) is 2.18.